The number of carbonyl (C=O) groups excluding carboxylic acids is 1. The van der Waals surface area contributed by atoms with Crippen LogP contribution in [0.4, 0.5) is 11.4 Å². The summed E-state index contributed by atoms with van der Waals surface area (Å²) in [7, 11) is 1.41. The van der Waals surface area contributed by atoms with Gasteiger partial charge >= 0.3 is 5.69 Å². The summed E-state index contributed by atoms with van der Waals surface area (Å²) in [6, 6.07) is 9.17. The molecule has 1 aliphatic heterocycles. The number of hydrogen-bond donors (Lipinski definition) is 1. The molecule has 0 aliphatic carbocycles. The maximum atomic E-state index is 12.4. The van der Waals surface area contributed by atoms with Crippen LogP contribution in [0.5, 0.6) is 23.0 Å². The topological polar surface area (TPSA) is 109 Å². The molecular formula is C18H18N2O7. The molecule has 0 fully saturated rings. The molecule has 0 aromatic heterocycles. The number of hydrogen-bond acceptors (Lipinski definition) is 7. The van der Waals surface area contributed by atoms with Gasteiger partial charge in [-0.05, 0) is 31.2 Å². The fourth-order valence-electron chi connectivity index (χ4n) is 2.48. The molecular weight excluding hydrogens is 356 g/mol. The van der Waals surface area contributed by atoms with Crippen LogP contribution in [-0.4, -0.2) is 37.3 Å². The average Bonchev–Trinajstić information content (AvgIpc) is 2.67. The van der Waals surface area contributed by atoms with E-state index in [0.29, 0.717) is 36.1 Å². The Morgan fingerprint density at radius 1 is 1.19 bits per heavy atom. The third-order valence-electron chi connectivity index (χ3n) is 3.85. The van der Waals surface area contributed by atoms with E-state index in [1.165, 1.54) is 32.2 Å². The Morgan fingerprint density at radius 2 is 1.93 bits per heavy atom. The van der Waals surface area contributed by atoms with Crippen LogP contribution in [0.25, 0.3) is 0 Å². The van der Waals surface area contributed by atoms with E-state index in [1.807, 2.05) is 0 Å². The Bertz CT molecular complexity index is 869. The highest BCUT2D eigenvalue weighted by molar-refractivity contribution is 5.94. The van der Waals surface area contributed by atoms with Gasteiger partial charge in [0.25, 0.3) is 5.91 Å². The third kappa shape index (κ3) is 4.20. The molecule has 0 unspecified atom stereocenters. The number of rotatable bonds is 6. The van der Waals surface area contributed by atoms with E-state index in [4.69, 9.17) is 18.9 Å². The molecule has 0 spiro atoms. The molecule has 9 heteroatoms. The Balaban J connectivity index is 1.70. The van der Waals surface area contributed by atoms with E-state index in [9.17, 15) is 14.9 Å². The number of nitrogens with one attached hydrogen (secondary N) is 1. The third-order valence-corrected chi connectivity index (χ3v) is 3.85. The highest BCUT2D eigenvalue weighted by Gasteiger charge is 2.22. The zero-order chi connectivity index (χ0) is 19.4. The Hall–Kier alpha value is -3.49. The first kappa shape index (κ1) is 18.3. The van der Waals surface area contributed by atoms with Crippen LogP contribution >= 0.6 is 0 Å². The minimum Gasteiger partial charge on any atom is -0.496 e. The molecule has 2 aromatic rings. The molecule has 0 saturated carbocycles. The molecule has 3 rings (SSSR count). The first-order valence-electron chi connectivity index (χ1n) is 8.17. The molecule has 27 heavy (non-hydrogen) atoms. The van der Waals surface area contributed by atoms with E-state index in [1.54, 1.807) is 18.2 Å². The molecule has 142 valence electrons. The van der Waals surface area contributed by atoms with Gasteiger partial charge in [0.1, 0.15) is 19.0 Å². The Morgan fingerprint density at radius 3 is 2.63 bits per heavy atom. The molecule has 1 amide bonds. The fourth-order valence-corrected chi connectivity index (χ4v) is 2.48. The summed E-state index contributed by atoms with van der Waals surface area (Å²) in [5.74, 6) is 0.987. The first-order chi connectivity index (χ1) is 13.0. The molecule has 0 radical (unpaired) electrons. The summed E-state index contributed by atoms with van der Waals surface area (Å²) in [5.41, 5.74) is 0.220. The minimum atomic E-state index is -0.967. The second kappa shape index (κ2) is 7.81. The van der Waals surface area contributed by atoms with Crippen molar-refractivity contribution in [1.82, 2.24) is 0 Å². The molecule has 1 atom stereocenters. The van der Waals surface area contributed by atoms with Crippen molar-refractivity contribution in [2.24, 2.45) is 0 Å². The first-order valence-corrected chi connectivity index (χ1v) is 8.17. The van der Waals surface area contributed by atoms with Crippen LogP contribution in [0.2, 0.25) is 0 Å². The number of ether oxygens (including phenoxy) is 4. The Kier molecular flexibility index (Phi) is 5.30. The van der Waals surface area contributed by atoms with Crippen molar-refractivity contribution in [3.05, 3.63) is 46.5 Å². The lowest BCUT2D eigenvalue weighted by atomic mass is 10.2. The predicted molar refractivity (Wildman–Crippen MR) is 95.8 cm³/mol. The number of carbonyl (C=O) groups is 1. The number of nitro groups is 1. The van der Waals surface area contributed by atoms with Crippen LogP contribution in [0.3, 0.4) is 0 Å². The quantitative estimate of drug-likeness (QED) is 0.611. The molecule has 9 nitrogen and oxygen atoms in total. The number of anilines is 1. The SMILES string of the molecule is COc1ccc(O[C@@H](C)C(=O)Nc2ccc3c(c2)OCCO3)c([N+](=O)[O-])c1. The van der Waals surface area contributed by atoms with Crippen LogP contribution in [-0.2, 0) is 4.79 Å². The van der Waals surface area contributed by atoms with Gasteiger partial charge in [0.2, 0.25) is 0 Å². The van der Waals surface area contributed by atoms with Crippen LogP contribution in [0, 0.1) is 10.1 Å². The Labute approximate surface area is 154 Å². The summed E-state index contributed by atoms with van der Waals surface area (Å²) in [6.45, 7) is 2.41. The zero-order valence-electron chi connectivity index (χ0n) is 14.8. The van der Waals surface area contributed by atoms with Crippen molar-refractivity contribution in [3.8, 4) is 23.0 Å². The fraction of sp³-hybridized carbons (Fsp3) is 0.278. The van der Waals surface area contributed by atoms with Crippen molar-refractivity contribution in [2.75, 3.05) is 25.6 Å². The second-order valence-corrected chi connectivity index (χ2v) is 5.70. The standard InChI is InChI=1S/C18H18N2O7/c1-11(27-15-6-4-13(24-2)10-14(15)20(22)23)18(21)19-12-3-5-16-17(9-12)26-8-7-25-16/h3-6,9-11H,7-8H2,1-2H3,(H,19,21)/t11-/m0/s1. The van der Waals surface area contributed by atoms with Crippen molar-refractivity contribution in [3.63, 3.8) is 0 Å². The van der Waals surface area contributed by atoms with E-state index in [-0.39, 0.29) is 11.4 Å². The van der Waals surface area contributed by atoms with Gasteiger partial charge in [0, 0.05) is 11.8 Å². The van der Waals surface area contributed by atoms with E-state index in [2.05, 4.69) is 5.32 Å². The predicted octanol–water partition coefficient (Wildman–Crippen LogP) is 2.78. The van der Waals surface area contributed by atoms with Crippen LogP contribution in [0.1, 0.15) is 6.92 Å². The van der Waals surface area contributed by atoms with E-state index >= 15 is 0 Å². The molecule has 1 N–H and O–H groups in total. The number of nitrogens with zero attached hydrogens (tertiary/aromatic N) is 1. The zero-order valence-corrected chi connectivity index (χ0v) is 14.8. The summed E-state index contributed by atoms with van der Waals surface area (Å²) in [6.07, 6.45) is -0.967. The lowest BCUT2D eigenvalue weighted by Gasteiger charge is -2.19. The van der Waals surface area contributed by atoms with Crippen molar-refractivity contribution in [2.45, 2.75) is 13.0 Å². The van der Waals surface area contributed by atoms with E-state index < -0.39 is 16.9 Å². The van der Waals surface area contributed by atoms with Gasteiger partial charge in [-0.3, -0.25) is 14.9 Å². The number of benzene rings is 2. The van der Waals surface area contributed by atoms with Gasteiger partial charge < -0.3 is 24.3 Å². The number of fused-ring (bicyclic) bond motifs is 1. The summed E-state index contributed by atoms with van der Waals surface area (Å²) in [5, 5.41) is 13.9. The molecule has 1 heterocycles. The summed E-state index contributed by atoms with van der Waals surface area (Å²) in [4.78, 5) is 23.0. The van der Waals surface area contributed by atoms with E-state index in [0.717, 1.165) is 0 Å². The smallest absolute Gasteiger partial charge is 0.314 e. The molecule has 1 aliphatic rings. The van der Waals surface area contributed by atoms with Gasteiger partial charge in [-0.15, -0.1) is 0 Å². The van der Waals surface area contributed by atoms with Gasteiger partial charge in [-0.25, -0.2) is 0 Å². The van der Waals surface area contributed by atoms with Crippen LogP contribution in [0.15, 0.2) is 36.4 Å². The summed E-state index contributed by atoms with van der Waals surface area (Å²) < 4.78 is 21.4. The van der Waals surface area contributed by atoms with Crippen molar-refractivity contribution in [1.29, 1.82) is 0 Å². The maximum Gasteiger partial charge on any atom is 0.314 e. The summed E-state index contributed by atoms with van der Waals surface area (Å²) >= 11 is 0. The molecule has 0 saturated heterocycles. The van der Waals surface area contributed by atoms with Gasteiger partial charge in [0.15, 0.2) is 23.4 Å². The van der Waals surface area contributed by atoms with Crippen molar-refractivity contribution < 1.29 is 28.7 Å². The number of methoxy groups -OCH3 is 1. The lowest BCUT2D eigenvalue weighted by Crippen LogP contribution is -2.30. The maximum absolute atomic E-state index is 12.4. The number of nitro benzene ring substituents is 1. The minimum absolute atomic E-state index is 0.0226. The molecule has 0 bridgehead atoms. The normalized spacial score (nSPS) is 13.4. The molecule has 2 aromatic carbocycles. The number of amides is 1. The highest BCUT2D eigenvalue weighted by atomic mass is 16.6. The average molecular weight is 374 g/mol. The largest absolute Gasteiger partial charge is 0.496 e. The van der Waals surface area contributed by atoms with Gasteiger partial charge in [-0.2, -0.15) is 0 Å². The van der Waals surface area contributed by atoms with Crippen molar-refractivity contribution >= 4 is 17.3 Å². The lowest BCUT2D eigenvalue weighted by molar-refractivity contribution is -0.386. The van der Waals surface area contributed by atoms with Crippen LogP contribution < -0.4 is 24.3 Å². The van der Waals surface area contributed by atoms with Gasteiger partial charge in [0.05, 0.1) is 18.1 Å². The van der Waals surface area contributed by atoms with Gasteiger partial charge in [-0.1, -0.05) is 0 Å². The monoisotopic (exact) mass is 374 g/mol. The highest BCUT2D eigenvalue weighted by Crippen LogP contribution is 2.33. The second-order valence-electron chi connectivity index (χ2n) is 5.70.